The highest BCUT2D eigenvalue weighted by Crippen LogP contribution is 2.29. The Hall–Kier alpha value is -1.58. The highest BCUT2D eigenvalue weighted by atomic mass is 35.5. The van der Waals surface area contributed by atoms with E-state index in [1.165, 1.54) is 11.1 Å². The minimum Gasteiger partial charge on any atom is -0.382 e. The molecule has 0 unspecified atom stereocenters. The number of benzene rings is 1. The fourth-order valence-electron chi connectivity index (χ4n) is 3.02. The molecule has 1 saturated carbocycles. The minimum atomic E-state index is 0. The summed E-state index contributed by atoms with van der Waals surface area (Å²) in [5.74, 6) is 0. The van der Waals surface area contributed by atoms with Crippen molar-refractivity contribution in [2.75, 3.05) is 5.32 Å². The monoisotopic (exact) mass is 303 g/mol. The third-order valence-corrected chi connectivity index (χ3v) is 4.16. The lowest BCUT2D eigenvalue weighted by molar-refractivity contribution is 0.411. The first-order valence-electron chi connectivity index (χ1n) is 7.29. The van der Waals surface area contributed by atoms with Crippen molar-refractivity contribution in [1.82, 2.24) is 4.98 Å². The second-order valence-electron chi connectivity index (χ2n) is 5.59. The minimum absolute atomic E-state index is 0. The Balaban J connectivity index is 0.00000161. The largest absolute Gasteiger partial charge is 0.382 e. The summed E-state index contributed by atoms with van der Waals surface area (Å²) in [4.78, 5) is 4.27. The summed E-state index contributed by atoms with van der Waals surface area (Å²) in [5.41, 5.74) is 8.24. The fraction of sp³-hybridized carbons (Fsp3) is 0.353. The predicted octanol–water partition coefficient (Wildman–Crippen LogP) is 3.98. The fourth-order valence-corrected chi connectivity index (χ4v) is 3.02. The first-order chi connectivity index (χ1) is 9.78. The van der Waals surface area contributed by atoms with Gasteiger partial charge in [0.2, 0.25) is 0 Å². The first kappa shape index (κ1) is 15.8. The van der Waals surface area contributed by atoms with Gasteiger partial charge in [0.15, 0.2) is 0 Å². The topological polar surface area (TPSA) is 50.9 Å². The van der Waals surface area contributed by atoms with E-state index in [4.69, 9.17) is 5.73 Å². The zero-order valence-electron chi connectivity index (χ0n) is 12.1. The number of hydrogen-bond acceptors (Lipinski definition) is 3. The van der Waals surface area contributed by atoms with Crippen LogP contribution in [-0.2, 0) is 0 Å². The van der Waals surface area contributed by atoms with Crippen LogP contribution in [0.4, 0.5) is 5.69 Å². The maximum absolute atomic E-state index is 5.98. The van der Waals surface area contributed by atoms with Crippen LogP contribution in [0.25, 0.3) is 16.8 Å². The van der Waals surface area contributed by atoms with Crippen LogP contribution in [0.3, 0.4) is 0 Å². The molecule has 112 valence electrons. The van der Waals surface area contributed by atoms with Gasteiger partial charge in [-0.2, -0.15) is 0 Å². The highest BCUT2D eigenvalue weighted by Gasteiger charge is 2.19. The maximum Gasteiger partial charge on any atom is 0.0429 e. The number of hydrogen-bond donors (Lipinski definition) is 2. The normalized spacial score (nSPS) is 21.6. The lowest BCUT2D eigenvalue weighted by Gasteiger charge is -2.28. The molecule has 3 N–H and O–H groups in total. The number of aromatic nitrogens is 1. The molecule has 1 aromatic heterocycles. The number of fused-ring (bicyclic) bond motifs is 1. The lowest BCUT2D eigenvalue weighted by Crippen LogP contribution is -2.32. The molecule has 4 heteroatoms. The van der Waals surface area contributed by atoms with Gasteiger partial charge in [-0.05, 0) is 31.7 Å². The molecular formula is C17H22ClN3. The Kier molecular flexibility index (Phi) is 5.21. The molecule has 0 bridgehead atoms. The van der Waals surface area contributed by atoms with Gasteiger partial charge >= 0.3 is 0 Å². The van der Waals surface area contributed by atoms with Gasteiger partial charge in [-0.25, -0.2) is 0 Å². The molecule has 1 aliphatic rings. The van der Waals surface area contributed by atoms with Crippen LogP contribution < -0.4 is 11.1 Å². The number of nitrogens with one attached hydrogen (secondary N) is 1. The van der Waals surface area contributed by atoms with Crippen LogP contribution in [-0.4, -0.2) is 17.1 Å². The van der Waals surface area contributed by atoms with Crippen molar-refractivity contribution in [1.29, 1.82) is 0 Å². The molecule has 1 aliphatic carbocycles. The van der Waals surface area contributed by atoms with Gasteiger partial charge in [-0.15, -0.1) is 12.4 Å². The second-order valence-corrected chi connectivity index (χ2v) is 5.59. The van der Waals surface area contributed by atoms with Gasteiger partial charge in [0.05, 0.1) is 0 Å². The van der Waals surface area contributed by atoms with Crippen LogP contribution in [0.5, 0.6) is 0 Å². The standard InChI is InChI=1S/C17H21N3.ClH/c1-2-12-10-19-11-13-4-3-5-16(17(12)13)20-15-8-6-14(18)7-9-15;/h2-5,10-11,14-15,20H,1,6-9,18H2;1H. The van der Waals surface area contributed by atoms with E-state index in [0.29, 0.717) is 12.1 Å². The van der Waals surface area contributed by atoms with Crippen molar-refractivity contribution in [3.63, 3.8) is 0 Å². The predicted molar refractivity (Wildman–Crippen MR) is 92.9 cm³/mol. The van der Waals surface area contributed by atoms with Crippen molar-refractivity contribution in [3.8, 4) is 0 Å². The van der Waals surface area contributed by atoms with Crippen LogP contribution in [0, 0.1) is 0 Å². The van der Waals surface area contributed by atoms with E-state index in [9.17, 15) is 0 Å². The highest BCUT2D eigenvalue weighted by molar-refractivity contribution is 5.99. The number of anilines is 1. The van der Waals surface area contributed by atoms with Crippen molar-refractivity contribution in [2.24, 2.45) is 5.73 Å². The molecule has 0 aliphatic heterocycles. The second kappa shape index (κ2) is 6.92. The van der Waals surface area contributed by atoms with Gasteiger partial charge in [-0.3, -0.25) is 4.98 Å². The van der Waals surface area contributed by atoms with E-state index in [1.54, 1.807) is 0 Å². The molecule has 1 aromatic carbocycles. The van der Waals surface area contributed by atoms with Gasteiger partial charge in [0.1, 0.15) is 0 Å². The Morgan fingerprint density at radius 1 is 1.19 bits per heavy atom. The number of halogens is 1. The summed E-state index contributed by atoms with van der Waals surface area (Å²) in [6, 6.07) is 7.22. The maximum atomic E-state index is 5.98. The Labute approximate surface area is 132 Å². The first-order valence-corrected chi connectivity index (χ1v) is 7.29. The van der Waals surface area contributed by atoms with Gasteiger partial charge in [0.25, 0.3) is 0 Å². The summed E-state index contributed by atoms with van der Waals surface area (Å²) in [5, 5.41) is 6.06. The molecule has 3 nitrogen and oxygen atoms in total. The van der Waals surface area contributed by atoms with Crippen LogP contribution in [0.2, 0.25) is 0 Å². The zero-order valence-corrected chi connectivity index (χ0v) is 12.9. The lowest BCUT2D eigenvalue weighted by atomic mass is 9.91. The number of nitrogens with zero attached hydrogens (tertiary/aromatic N) is 1. The third-order valence-electron chi connectivity index (χ3n) is 4.16. The molecule has 2 aromatic rings. The smallest absolute Gasteiger partial charge is 0.0429 e. The van der Waals surface area contributed by atoms with Crippen molar-refractivity contribution < 1.29 is 0 Å². The average Bonchev–Trinajstić information content (AvgIpc) is 2.49. The summed E-state index contributed by atoms with van der Waals surface area (Å²) in [6.45, 7) is 3.89. The number of nitrogens with two attached hydrogens (primary N) is 1. The van der Waals surface area contributed by atoms with E-state index in [2.05, 4.69) is 35.1 Å². The Morgan fingerprint density at radius 3 is 2.67 bits per heavy atom. The molecule has 1 heterocycles. The van der Waals surface area contributed by atoms with Crippen LogP contribution >= 0.6 is 12.4 Å². The quantitative estimate of drug-likeness (QED) is 0.901. The molecule has 21 heavy (non-hydrogen) atoms. The van der Waals surface area contributed by atoms with E-state index >= 15 is 0 Å². The summed E-state index contributed by atoms with van der Waals surface area (Å²) >= 11 is 0. The molecule has 3 rings (SSSR count). The summed E-state index contributed by atoms with van der Waals surface area (Å²) in [6.07, 6.45) is 10.2. The van der Waals surface area contributed by atoms with E-state index in [0.717, 1.165) is 36.6 Å². The van der Waals surface area contributed by atoms with Gasteiger partial charge in [-0.1, -0.05) is 24.8 Å². The number of pyridine rings is 1. The van der Waals surface area contributed by atoms with Crippen LogP contribution in [0.15, 0.2) is 37.2 Å². The van der Waals surface area contributed by atoms with E-state index in [-0.39, 0.29) is 12.4 Å². The molecule has 0 spiro atoms. The van der Waals surface area contributed by atoms with E-state index < -0.39 is 0 Å². The van der Waals surface area contributed by atoms with Gasteiger partial charge < -0.3 is 11.1 Å². The summed E-state index contributed by atoms with van der Waals surface area (Å²) in [7, 11) is 0. The number of rotatable bonds is 3. The Morgan fingerprint density at radius 2 is 1.95 bits per heavy atom. The molecular weight excluding hydrogens is 282 g/mol. The molecule has 0 atom stereocenters. The molecule has 0 amide bonds. The van der Waals surface area contributed by atoms with Gasteiger partial charge in [0, 0.05) is 46.5 Å². The molecule has 0 radical (unpaired) electrons. The molecule has 0 saturated heterocycles. The molecule has 1 fully saturated rings. The summed E-state index contributed by atoms with van der Waals surface area (Å²) < 4.78 is 0. The average molecular weight is 304 g/mol. The third kappa shape index (κ3) is 3.36. The van der Waals surface area contributed by atoms with Crippen molar-refractivity contribution in [2.45, 2.75) is 37.8 Å². The van der Waals surface area contributed by atoms with Crippen molar-refractivity contribution >= 4 is 34.9 Å². The van der Waals surface area contributed by atoms with Crippen LogP contribution in [0.1, 0.15) is 31.2 Å². The van der Waals surface area contributed by atoms with E-state index in [1.807, 2.05) is 18.5 Å². The Bertz CT molecular complexity index is 613. The zero-order chi connectivity index (χ0) is 13.9. The SMILES string of the molecule is C=Cc1cncc2cccc(NC3CCC(N)CC3)c12.Cl. The van der Waals surface area contributed by atoms with Crippen molar-refractivity contribution in [3.05, 3.63) is 42.7 Å².